The van der Waals surface area contributed by atoms with E-state index in [4.69, 9.17) is 0 Å². The average Bonchev–Trinajstić information content (AvgIpc) is 2.39. The smallest absolute Gasteiger partial charge is 0.224 e. The van der Waals surface area contributed by atoms with Gasteiger partial charge >= 0.3 is 0 Å². The van der Waals surface area contributed by atoms with Crippen molar-refractivity contribution in [3.05, 3.63) is 35.4 Å². The standard InChI is InChI=1S/C17H25NO2/c1-13-5-7-15(8-6-13)10-16(19)18-12-17(20)9-3-4-14(2)11-17/h5-8,14,20H,3-4,9-12H2,1-2H3,(H,18,19). The average molecular weight is 275 g/mol. The first-order chi connectivity index (χ1) is 9.47. The van der Waals surface area contributed by atoms with Crippen LogP contribution < -0.4 is 5.32 Å². The summed E-state index contributed by atoms with van der Waals surface area (Å²) in [6.07, 6.45) is 4.19. The second-order valence-electron chi connectivity index (χ2n) is 6.36. The first kappa shape index (κ1) is 15.0. The molecule has 1 aromatic rings. The van der Waals surface area contributed by atoms with Crippen LogP contribution in [0.1, 0.15) is 43.7 Å². The van der Waals surface area contributed by atoms with Crippen molar-refractivity contribution in [3.8, 4) is 0 Å². The van der Waals surface area contributed by atoms with Crippen LogP contribution in [0.25, 0.3) is 0 Å². The number of benzene rings is 1. The minimum absolute atomic E-state index is 0.0134. The highest BCUT2D eigenvalue weighted by Crippen LogP contribution is 2.31. The molecule has 110 valence electrons. The lowest BCUT2D eigenvalue weighted by Crippen LogP contribution is -2.46. The Morgan fingerprint density at radius 2 is 2.10 bits per heavy atom. The van der Waals surface area contributed by atoms with Crippen LogP contribution in [-0.2, 0) is 11.2 Å². The molecule has 0 heterocycles. The molecule has 3 heteroatoms. The largest absolute Gasteiger partial charge is 0.388 e. The monoisotopic (exact) mass is 275 g/mol. The van der Waals surface area contributed by atoms with Gasteiger partial charge in [-0.3, -0.25) is 4.79 Å². The zero-order valence-corrected chi connectivity index (χ0v) is 12.5. The summed E-state index contributed by atoms with van der Waals surface area (Å²) in [7, 11) is 0. The summed E-state index contributed by atoms with van der Waals surface area (Å²) in [4.78, 5) is 11.9. The number of carbonyl (C=O) groups is 1. The van der Waals surface area contributed by atoms with Crippen LogP contribution in [0.2, 0.25) is 0 Å². The van der Waals surface area contributed by atoms with Gasteiger partial charge in [-0.2, -0.15) is 0 Å². The van der Waals surface area contributed by atoms with Crippen molar-refractivity contribution < 1.29 is 9.90 Å². The van der Waals surface area contributed by atoms with Gasteiger partial charge in [-0.15, -0.1) is 0 Å². The minimum Gasteiger partial charge on any atom is -0.388 e. The number of hydrogen-bond donors (Lipinski definition) is 2. The first-order valence-electron chi connectivity index (χ1n) is 7.51. The van der Waals surface area contributed by atoms with Crippen LogP contribution in [0.15, 0.2) is 24.3 Å². The molecule has 0 spiro atoms. The van der Waals surface area contributed by atoms with E-state index in [1.165, 1.54) is 12.0 Å². The number of aryl methyl sites for hydroxylation is 1. The quantitative estimate of drug-likeness (QED) is 0.887. The normalized spacial score (nSPS) is 26.2. The Bertz CT molecular complexity index is 455. The van der Waals surface area contributed by atoms with E-state index in [2.05, 4.69) is 12.2 Å². The second-order valence-corrected chi connectivity index (χ2v) is 6.36. The third kappa shape index (κ3) is 4.34. The number of nitrogens with one attached hydrogen (secondary N) is 1. The number of amides is 1. The Labute approximate surface area is 121 Å². The van der Waals surface area contributed by atoms with E-state index in [0.29, 0.717) is 18.9 Å². The highest BCUT2D eigenvalue weighted by Gasteiger charge is 2.32. The van der Waals surface area contributed by atoms with Crippen molar-refractivity contribution >= 4 is 5.91 Å². The number of rotatable bonds is 4. The Morgan fingerprint density at radius 3 is 2.75 bits per heavy atom. The minimum atomic E-state index is -0.708. The third-order valence-corrected chi connectivity index (χ3v) is 4.17. The second kappa shape index (κ2) is 6.40. The molecule has 1 amide bonds. The van der Waals surface area contributed by atoms with Gasteiger partial charge in [0.25, 0.3) is 0 Å². The first-order valence-corrected chi connectivity index (χ1v) is 7.51. The Balaban J connectivity index is 1.81. The van der Waals surface area contributed by atoms with Crippen LogP contribution in [-0.4, -0.2) is 23.2 Å². The van der Waals surface area contributed by atoms with Crippen molar-refractivity contribution in [2.45, 2.75) is 51.6 Å². The van der Waals surface area contributed by atoms with Gasteiger partial charge in [-0.05, 0) is 31.2 Å². The van der Waals surface area contributed by atoms with E-state index >= 15 is 0 Å². The highest BCUT2D eigenvalue weighted by molar-refractivity contribution is 5.78. The van der Waals surface area contributed by atoms with Crippen LogP contribution in [0.3, 0.4) is 0 Å². The van der Waals surface area contributed by atoms with Gasteiger partial charge < -0.3 is 10.4 Å². The number of hydrogen-bond acceptors (Lipinski definition) is 2. The molecule has 0 saturated heterocycles. The fourth-order valence-corrected chi connectivity index (χ4v) is 3.01. The van der Waals surface area contributed by atoms with Crippen LogP contribution in [0.4, 0.5) is 0 Å². The molecule has 2 unspecified atom stereocenters. The molecule has 20 heavy (non-hydrogen) atoms. The van der Waals surface area contributed by atoms with Gasteiger partial charge in [-0.25, -0.2) is 0 Å². The maximum Gasteiger partial charge on any atom is 0.224 e. The summed E-state index contributed by atoms with van der Waals surface area (Å²) < 4.78 is 0. The highest BCUT2D eigenvalue weighted by atomic mass is 16.3. The summed E-state index contributed by atoms with van der Waals surface area (Å²) in [5.41, 5.74) is 1.50. The topological polar surface area (TPSA) is 49.3 Å². The van der Waals surface area contributed by atoms with Crippen molar-refractivity contribution in [2.24, 2.45) is 5.92 Å². The molecular formula is C17H25NO2. The number of carbonyl (C=O) groups excluding carboxylic acids is 1. The molecule has 1 saturated carbocycles. The van der Waals surface area contributed by atoms with Crippen LogP contribution in [0.5, 0.6) is 0 Å². The van der Waals surface area contributed by atoms with Crippen LogP contribution >= 0.6 is 0 Å². The van der Waals surface area contributed by atoms with E-state index in [1.807, 2.05) is 31.2 Å². The molecule has 3 nitrogen and oxygen atoms in total. The summed E-state index contributed by atoms with van der Waals surface area (Å²) in [6, 6.07) is 7.98. The summed E-state index contributed by atoms with van der Waals surface area (Å²) >= 11 is 0. The summed E-state index contributed by atoms with van der Waals surface area (Å²) in [6.45, 7) is 4.57. The molecule has 2 atom stereocenters. The van der Waals surface area contributed by atoms with E-state index in [-0.39, 0.29) is 5.91 Å². The predicted molar refractivity (Wildman–Crippen MR) is 80.5 cm³/mol. The molecule has 1 aromatic carbocycles. The Morgan fingerprint density at radius 1 is 1.40 bits per heavy atom. The molecular weight excluding hydrogens is 250 g/mol. The maximum atomic E-state index is 11.9. The fraction of sp³-hybridized carbons (Fsp3) is 0.588. The SMILES string of the molecule is Cc1ccc(CC(=O)NCC2(O)CCCC(C)C2)cc1. The lowest BCUT2D eigenvalue weighted by atomic mass is 9.79. The van der Waals surface area contributed by atoms with Gasteiger partial charge in [0.15, 0.2) is 0 Å². The van der Waals surface area contributed by atoms with E-state index in [1.54, 1.807) is 0 Å². The molecule has 0 aromatic heterocycles. The van der Waals surface area contributed by atoms with Gasteiger partial charge in [0.1, 0.15) is 0 Å². The third-order valence-electron chi connectivity index (χ3n) is 4.17. The predicted octanol–water partition coefficient (Wildman–Crippen LogP) is 2.59. The van der Waals surface area contributed by atoms with Crippen molar-refractivity contribution in [1.82, 2.24) is 5.32 Å². The fourth-order valence-electron chi connectivity index (χ4n) is 3.01. The summed E-state index contributed by atoms with van der Waals surface area (Å²) in [5, 5.41) is 13.4. The van der Waals surface area contributed by atoms with E-state index < -0.39 is 5.60 Å². The lowest BCUT2D eigenvalue weighted by molar-refractivity contribution is -0.122. The molecule has 0 bridgehead atoms. The van der Waals surface area contributed by atoms with Crippen molar-refractivity contribution in [3.63, 3.8) is 0 Å². The maximum absolute atomic E-state index is 11.9. The van der Waals surface area contributed by atoms with Gasteiger partial charge in [0.2, 0.25) is 5.91 Å². The number of aliphatic hydroxyl groups is 1. The van der Waals surface area contributed by atoms with Crippen molar-refractivity contribution in [2.75, 3.05) is 6.54 Å². The molecule has 2 rings (SSSR count). The molecule has 0 radical (unpaired) electrons. The van der Waals surface area contributed by atoms with Gasteiger partial charge in [0.05, 0.1) is 12.0 Å². The molecule has 0 aliphatic heterocycles. The molecule has 1 aliphatic carbocycles. The Hall–Kier alpha value is -1.35. The van der Waals surface area contributed by atoms with E-state index in [9.17, 15) is 9.90 Å². The molecule has 1 aliphatic rings. The van der Waals surface area contributed by atoms with Gasteiger partial charge in [-0.1, -0.05) is 49.6 Å². The van der Waals surface area contributed by atoms with Crippen LogP contribution in [0, 0.1) is 12.8 Å². The molecule has 1 fully saturated rings. The zero-order chi connectivity index (χ0) is 14.6. The molecule has 2 N–H and O–H groups in total. The zero-order valence-electron chi connectivity index (χ0n) is 12.5. The van der Waals surface area contributed by atoms with E-state index in [0.717, 1.165) is 24.8 Å². The lowest BCUT2D eigenvalue weighted by Gasteiger charge is -2.35. The summed E-state index contributed by atoms with van der Waals surface area (Å²) in [5.74, 6) is 0.531. The van der Waals surface area contributed by atoms with Gasteiger partial charge in [0, 0.05) is 6.54 Å². The Kier molecular flexibility index (Phi) is 4.81. The van der Waals surface area contributed by atoms with Crippen molar-refractivity contribution in [1.29, 1.82) is 0 Å².